The summed E-state index contributed by atoms with van der Waals surface area (Å²) >= 11 is -1.24. The summed E-state index contributed by atoms with van der Waals surface area (Å²) in [5, 5.41) is 11.5. The molecule has 0 aromatic heterocycles. The molecule has 2 N–H and O–H groups in total. The van der Waals surface area contributed by atoms with Crippen LogP contribution in [0.5, 0.6) is 0 Å². The van der Waals surface area contributed by atoms with Crippen LogP contribution in [-0.2, 0) is 20.7 Å². The van der Waals surface area contributed by atoms with Crippen LogP contribution in [0.2, 0.25) is 0 Å². The number of nitrogens with zero attached hydrogens (tertiary/aromatic N) is 1. The Balaban J connectivity index is 2.46. The van der Waals surface area contributed by atoms with Crippen LogP contribution < -0.4 is 5.32 Å². The molecule has 0 saturated carbocycles. The number of hydrogen-bond donors (Lipinski definition) is 2. The first-order valence-electron chi connectivity index (χ1n) is 4.76. The van der Waals surface area contributed by atoms with Crippen molar-refractivity contribution in [1.29, 1.82) is 0 Å². The summed E-state index contributed by atoms with van der Waals surface area (Å²) in [6.07, 6.45) is 1.50. The molecule has 0 bridgehead atoms. The molecule has 16 heavy (non-hydrogen) atoms. The molecule has 1 aliphatic rings. The number of aliphatic carboxylic acids is 1. The van der Waals surface area contributed by atoms with E-state index in [2.05, 4.69) is 16.9 Å². The zero-order valence-corrected chi connectivity index (χ0v) is 9.53. The molecular formula is C9H14N2O4S. The van der Waals surface area contributed by atoms with E-state index in [9.17, 15) is 9.35 Å². The van der Waals surface area contributed by atoms with Crippen LogP contribution in [0, 0.1) is 0 Å². The standard InChI is InChI=1S/C9H14N2O4S/c1-2-5-16(14)6-7(8(12)13)11-9-10-3-4-15-9/h2,7H,1,3-6H2,(H,10,11)(H,12,13)/t7-,16?/m0/s1. The minimum Gasteiger partial charge on any atom is -0.616 e. The largest absolute Gasteiger partial charge is 0.616 e. The van der Waals surface area contributed by atoms with Gasteiger partial charge in [0, 0.05) is 0 Å². The van der Waals surface area contributed by atoms with Crippen LogP contribution in [0.1, 0.15) is 0 Å². The average Bonchev–Trinajstić information content (AvgIpc) is 2.69. The Labute approximate surface area is 96.6 Å². The Kier molecular flexibility index (Phi) is 5.13. The van der Waals surface area contributed by atoms with Crippen molar-refractivity contribution in [3.63, 3.8) is 0 Å². The van der Waals surface area contributed by atoms with Crippen LogP contribution in [0.3, 0.4) is 0 Å². The molecule has 0 aliphatic carbocycles. The first-order chi connectivity index (χ1) is 7.63. The number of hydrogen-bond acceptors (Lipinski definition) is 5. The van der Waals surface area contributed by atoms with Crippen LogP contribution >= 0.6 is 0 Å². The van der Waals surface area contributed by atoms with Gasteiger partial charge in [0.25, 0.3) is 6.02 Å². The summed E-state index contributed by atoms with van der Waals surface area (Å²) in [6.45, 7) is 4.41. The molecule has 1 heterocycles. The molecule has 2 atom stereocenters. The highest BCUT2D eigenvalue weighted by Gasteiger charge is 2.26. The summed E-state index contributed by atoms with van der Waals surface area (Å²) in [7, 11) is 0. The van der Waals surface area contributed by atoms with Gasteiger partial charge in [-0.05, 0) is 17.3 Å². The second-order valence-electron chi connectivity index (χ2n) is 3.13. The van der Waals surface area contributed by atoms with Gasteiger partial charge in [-0.2, -0.15) is 0 Å². The molecule has 0 saturated heterocycles. The summed E-state index contributed by atoms with van der Waals surface area (Å²) in [5.41, 5.74) is 0. The van der Waals surface area contributed by atoms with E-state index in [1.807, 2.05) is 0 Å². The molecule has 1 unspecified atom stereocenters. The fraction of sp³-hybridized carbons (Fsp3) is 0.556. The predicted molar refractivity (Wildman–Crippen MR) is 60.9 cm³/mol. The van der Waals surface area contributed by atoms with Crippen LogP contribution in [0.25, 0.3) is 0 Å². The van der Waals surface area contributed by atoms with E-state index in [1.54, 1.807) is 0 Å². The third-order valence-corrected chi connectivity index (χ3v) is 3.15. The highest BCUT2D eigenvalue weighted by Crippen LogP contribution is 1.99. The summed E-state index contributed by atoms with van der Waals surface area (Å²) in [6, 6.07) is -0.736. The average molecular weight is 246 g/mol. The lowest BCUT2D eigenvalue weighted by Gasteiger charge is -2.16. The van der Waals surface area contributed by atoms with E-state index >= 15 is 0 Å². The van der Waals surface area contributed by atoms with Crippen molar-refractivity contribution in [2.75, 3.05) is 24.7 Å². The van der Waals surface area contributed by atoms with Crippen molar-refractivity contribution in [3.8, 4) is 0 Å². The molecule has 0 aromatic rings. The Morgan fingerprint density at radius 2 is 2.62 bits per heavy atom. The second-order valence-corrected chi connectivity index (χ2v) is 4.68. The molecule has 0 amide bonds. The zero-order chi connectivity index (χ0) is 12.0. The monoisotopic (exact) mass is 246 g/mol. The van der Waals surface area contributed by atoms with Crippen molar-refractivity contribution in [1.82, 2.24) is 5.32 Å². The van der Waals surface area contributed by atoms with Gasteiger partial charge in [-0.25, -0.2) is 9.79 Å². The Hall–Kier alpha value is -1.21. The maximum Gasteiger partial charge on any atom is 0.331 e. The fourth-order valence-corrected chi connectivity index (χ4v) is 2.13. The van der Waals surface area contributed by atoms with E-state index < -0.39 is 23.2 Å². The van der Waals surface area contributed by atoms with E-state index in [0.29, 0.717) is 13.2 Å². The molecule has 6 nitrogen and oxygen atoms in total. The number of rotatable bonds is 6. The van der Waals surface area contributed by atoms with Gasteiger partial charge in [0.1, 0.15) is 18.1 Å². The molecular weight excluding hydrogens is 232 g/mol. The van der Waals surface area contributed by atoms with Gasteiger partial charge in [0.15, 0.2) is 6.04 Å². The number of amidine groups is 1. The Morgan fingerprint density at radius 3 is 3.12 bits per heavy atom. The normalized spacial score (nSPS) is 18.2. The molecule has 1 rings (SSSR count). The van der Waals surface area contributed by atoms with Gasteiger partial charge in [-0.1, -0.05) is 6.58 Å². The van der Waals surface area contributed by atoms with Gasteiger partial charge >= 0.3 is 5.97 Å². The zero-order valence-electron chi connectivity index (χ0n) is 8.72. The Bertz CT molecular complexity index is 295. The summed E-state index contributed by atoms with van der Waals surface area (Å²) in [5.74, 6) is -0.793. The highest BCUT2D eigenvalue weighted by atomic mass is 32.2. The van der Waals surface area contributed by atoms with E-state index in [-0.39, 0.29) is 17.5 Å². The van der Waals surface area contributed by atoms with Gasteiger partial charge in [-0.15, -0.1) is 0 Å². The van der Waals surface area contributed by atoms with Crippen molar-refractivity contribution in [2.45, 2.75) is 6.04 Å². The maximum atomic E-state index is 11.4. The summed E-state index contributed by atoms with van der Waals surface area (Å²) < 4.78 is 16.4. The lowest BCUT2D eigenvalue weighted by molar-refractivity contribution is -0.138. The Morgan fingerprint density at radius 1 is 1.88 bits per heavy atom. The highest BCUT2D eigenvalue weighted by molar-refractivity contribution is 7.91. The first-order valence-corrected chi connectivity index (χ1v) is 6.24. The van der Waals surface area contributed by atoms with Gasteiger partial charge in [0.2, 0.25) is 0 Å². The minimum atomic E-state index is -1.24. The lowest BCUT2D eigenvalue weighted by atomic mass is 10.3. The third kappa shape index (κ3) is 4.11. The first kappa shape index (κ1) is 12.9. The smallest absolute Gasteiger partial charge is 0.331 e. The quantitative estimate of drug-likeness (QED) is 0.480. The van der Waals surface area contributed by atoms with Gasteiger partial charge in [0.05, 0.1) is 6.54 Å². The molecule has 90 valence electrons. The van der Waals surface area contributed by atoms with Gasteiger partial charge in [-0.3, -0.25) is 0 Å². The SMILES string of the molecule is C=CC[S+]([O-])C[C@H](NC1=NCCO1)C(=O)O. The molecule has 0 aromatic carbocycles. The predicted octanol–water partition coefficient (Wildman–Crippen LogP) is -0.650. The lowest BCUT2D eigenvalue weighted by Crippen LogP contribution is -2.45. The topological polar surface area (TPSA) is 94.0 Å². The molecule has 0 fully saturated rings. The number of carboxylic acid groups (broad SMARTS) is 1. The molecule has 1 aliphatic heterocycles. The van der Waals surface area contributed by atoms with Crippen LogP contribution in [0.15, 0.2) is 17.6 Å². The van der Waals surface area contributed by atoms with Gasteiger partial charge < -0.3 is 19.7 Å². The van der Waals surface area contributed by atoms with Crippen LogP contribution in [-0.4, -0.2) is 52.3 Å². The van der Waals surface area contributed by atoms with Crippen molar-refractivity contribution in [2.24, 2.45) is 4.99 Å². The van der Waals surface area contributed by atoms with E-state index in [4.69, 9.17) is 9.84 Å². The fourth-order valence-electron chi connectivity index (χ4n) is 1.13. The minimum absolute atomic E-state index is 0.00370. The molecule has 0 radical (unpaired) electrons. The second kappa shape index (κ2) is 6.39. The van der Waals surface area contributed by atoms with E-state index in [1.165, 1.54) is 6.08 Å². The number of nitrogens with one attached hydrogen (secondary N) is 1. The summed E-state index contributed by atoms with van der Waals surface area (Å²) in [4.78, 5) is 14.8. The van der Waals surface area contributed by atoms with Crippen LogP contribution in [0.4, 0.5) is 0 Å². The number of carboxylic acids is 1. The van der Waals surface area contributed by atoms with Crippen molar-refractivity contribution < 1.29 is 19.2 Å². The van der Waals surface area contributed by atoms with Crippen molar-refractivity contribution >= 4 is 23.2 Å². The third-order valence-electron chi connectivity index (χ3n) is 1.84. The maximum absolute atomic E-state index is 11.4. The molecule has 7 heteroatoms. The number of aliphatic imine (C=N–C) groups is 1. The number of carbonyl (C=O) groups is 1. The number of ether oxygens (including phenoxy) is 1. The molecule has 0 spiro atoms. The van der Waals surface area contributed by atoms with Crippen molar-refractivity contribution in [3.05, 3.63) is 12.7 Å². The van der Waals surface area contributed by atoms with E-state index in [0.717, 1.165) is 0 Å².